The third-order valence-electron chi connectivity index (χ3n) is 3.04. The van der Waals surface area contributed by atoms with Gasteiger partial charge < -0.3 is 0 Å². The van der Waals surface area contributed by atoms with Crippen molar-refractivity contribution in [3.05, 3.63) is 63.6 Å². The largest absolute Gasteiger partial charge is 0.271 e. The molecule has 0 bridgehead atoms. The first-order chi connectivity index (χ1) is 10.0. The standard InChI is InChI=1S/C15H15BrF2N2S/c1-9-3-2-4-10(7-9)21-8-13(20-19)14-12(17)6-5-11(16)15(14)18/h2-7,13,20H,8,19H2,1H3. The van der Waals surface area contributed by atoms with Crippen molar-refractivity contribution in [2.24, 2.45) is 5.84 Å². The first-order valence-electron chi connectivity index (χ1n) is 6.32. The van der Waals surface area contributed by atoms with Gasteiger partial charge in [-0.05, 0) is 47.1 Å². The fraction of sp³-hybridized carbons (Fsp3) is 0.200. The van der Waals surface area contributed by atoms with Crippen LogP contribution in [0.25, 0.3) is 0 Å². The second kappa shape index (κ2) is 7.35. The monoisotopic (exact) mass is 372 g/mol. The Morgan fingerprint density at radius 1 is 1.29 bits per heavy atom. The van der Waals surface area contributed by atoms with E-state index in [0.717, 1.165) is 10.5 Å². The summed E-state index contributed by atoms with van der Waals surface area (Å²) in [7, 11) is 0. The van der Waals surface area contributed by atoms with Gasteiger partial charge in [-0.1, -0.05) is 17.7 Å². The zero-order valence-electron chi connectivity index (χ0n) is 11.4. The van der Waals surface area contributed by atoms with Gasteiger partial charge >= 0.3 is 0 Å². The molecule has 0 saturated heterocycles. The minimum atomic E-state index is -0.622. The van der Waals surface area contributed by atoms with Crippen LogP contribution >= 0.6 is 27.7 Å². The van der Waals surface area contributed by atoms with Crippen LogP contribution in [0, 0.1) is 18.6 Å². The van der Waals surface area contributed by atoms with E-state index in [-0.39, 0.29) is 10.0 Å². The maximum absolute atomic E-state index is 14.1. The lowest BCUT2D eigenvalue weighted by molar-refractivity contribution is 0.497. The molecule has 0 radical (unpaired) electrons. The molecule has 1 atom stereocenters. The van der Waals surface area contributed by atoms with Crippen molar-refractivity contribution >= 4 is 27.7 Å². The predicted octanol–water partition coefficient (Wildman–Crippen LogP) is 4.33. The molecule has 0 saturated carbocycles. The van der Waals surface area contributed by atoms with Gasteiger partial charge in [0.2, 0.25) is 0 Å². The molecule has 0 aromatic heterocycles. The molecule has 0 fully saturated rings. The summed E-state index contributed by atoms with van der Waals surface area (Å²) in [4.78, 5) is 1.03. The van der Waals surface area contributed by atoms with Crippen LogP contribution in [0.4, 0.5) is 8.78 Å². The van der Waals surface area contributed by atoms with Crippen LogP contribution in [0.1, 0.15) is 17.2 Å². The van der Waals surface area contributed by atoms with E-state index in [9.17, 15) is 8.78 Å². The van der Waals surface area contributed by atoms with Gasteiger partial charge in [0.25, 0.3) is 0 Å². The van der Waals surface area contributed by atoms with Gasteiger partial charge in [0.1, 0.15) is 11.6 Å². The Balaban J connectivity index is 2.19. The molecule has 0 heterocycles. The van der Waals surface area contributed by atoms with Gasteiger partial charge in [0, 0.05) is 16.2 Å². The number of halogens is 3. The number of nitrogens with one attached hydrogen (secondary N) is 1. The Morgan fingerprint density at radius 3 is 2.71 bits per heavy atom. The van der Waals surface area contributed by atoms with E-state index in [4.69, 9.17) is 5.84 Å². The molecule has 0 aliphatic rings. The van der Waals surface area contributed by atoms with E-state index in [2.05, 4.69) is 21.4 Å². The number of rotatable bonds is 5. The Bertz CT molecular complexity index is 637. The highest BCUT2D eigenvalue weighted by molar-refractivity contribution is 9.10. The third kappa shape index (κ3) is 4.03. The van der Waals surface area contributed by atoms with Crippen molar-refractivity contribution < 1.29 is 8.78 Å². The van der Waals surface area contributed by atoms with Gasteiger partial charge in [0.05, 0.1) is 10.5 Å². The zero-order valence-corrected chi connectivity index (χ0v) is 13.8. The number of nitrogens with two attached hydrogens (primary N) is 1. The summed E-state index contributed by atoms with van der Waals surface area (Å²) in [6, 6.07) is 9.87. The van der Waals surface area contributed by atoms with Crippen LogP contribution in [0.5, 0.6) is 0 Å². The van der Waals surface area contributed by atoms with Crippen LogP contribution in [-0.2, 0) is 0 Å². The molecule has 0 amide bonds. The fourth-order valence-electron chi connectivity index (χ4n) is 1.96. The average Bonchev–Trinajstić information content (AvgIpc) is 2.46. The summed E-state index contributed by atoms with van der Waals surface area (Å²) in [5.41, 5.74) is 3.58. The lowest BCUT2D eigenvalue weighted by atomic mass is 10.1. The Hall–Kier alpha value is -0.950. The molecular formula is C15H15BrF2N2S. The van der Waals surface area contributed by atoms with Gasteiger partial charge in [-0.2, -0.15) is 0 Å². The molecule has 3 N–H and O–H groups in total. The average molecular weight is 373 g/mol. The van der Waals surface area contributed by atoms with E-state index in [0.29, 0.717) is 5.75 Å². The molecule has 0 aliphatic carbocycles. The molecule has 21 heavy (non-hydrogen) atoms. The van der Waals surface area contributed by atoms with Gasteiger partial charge in [-0.15, -0.1) is 11.8 Å². The van der Waals surface area contributed by atoms with Crippen molar-refractivity contribution in [3.63, 3.8) is 0 Å². The second-order valence-electron chi connectivity index (χ2n) is 4.60. The molecule has 2 rings (SSSR count). The lowest BCUT2D eigenvalue weighted by Gasteiger charge is -2.18. The number of hydrazine groups is 1. The summed E-state index contributed by atoms with van der Waals surface area (Å²) < 4.78 is 28.2. The van der Waals surface area contributed by atoms with Crippen molar-refractivity contribution in [2.45, 2.75) is 17.9 Å². The van der Waals surface area contributed by atoms with Crippen LogP contribution in [-0.4, -0.2) is 5.75 Å². The van der Waals surface area contributed by atoms with Crippen LogP contribution in [0.2, 0.25) is 0 Å². The Kier molecular flexibility index (Phi) is 5.75. The molecule has 6 heteroatoms. The maximum Gasteiger partial charge on any atom is 0.145 e. The van der Waals surface area contributed by atoms with Gasteiger partial charge in [-0.25, -0.2) is 8.78 Å². The fourth-order valence-corrected chi connectivity index (χ4v) is 3.37. The topological polar surface area (TPSA) is 38.0 Å². The molecule has 2 aromatic rings. The highest BCUT2D eigenvalue weighted by Gasteiger charge is 2.21. The number of thioether (sulfide) groups is 1. The van der Waals surface area contributed by atoms with Crippen LogP contribution < -0.4 is 11.3 Å². The van der Waals surface area contributed by atoms with E-state index >= 15 is 0 Å². The smallest absolute Gasteiger partial charge is 0.145 e. The van der Waals surface area contributed by atoms with Crippen LogP contribution in [0.3, 0.4) is 0 Å². The lowest BCUT2D eigenvalue weighted by Crippen LogP contribution is -2.31. The van der Waals surface area contributed by atoms with E-state index in [1.54, 1.807) is 0 Å². The van der Waals surface area contributed by atoms with E-state index in [1.165, 1.54) is 23.9 Å². The van der Waals surface area contributed by atoms with Crippen LogP contribution in [0.15, 0.2) is 45.8 Å². The summed E-state index contributed by atoms with van der Waals surface area (Å²) in [6.07, 6.45) is 0. The molecular weight excluding hydrogens is 358 g/mol. The zero-order chi connectivity index (χ0) is 15.4. The number of benzene rings is 2. The summed E-state index contributed by atoms with van der Waals surface area (Å²) in [5, 5.41) is 0. The van der Waals surface area contributed by atoms with E-state index < -0.39 is 17.7 Å². The summed E-state index contributed by atoms with van der Waals surface area (Å²) >= 11 is 4.56. The first-order valence-corrected chi connectivity index (χ1v) is 8.09. The number of hydrogen-bond acceptors (Lipinski definition) is 3. The first kappa shape index (κ1) is 16.4. The maximum atomic E-state index is 14.1. The number of hydrogen-bond donors (Lipinski definition) is 2. The van der Waals surface area contributed by atoms with Crippen molar-refractivity contribution in [1.82, 2.24) is 5.43 Å². The summed E-state index contributed by atoms with van der Waals surface area (Å²) in [5.74, 6) is 4.67. The molecule has 2 nitrogen and oxygen atoms in total. The molecule has 0 aliphatic heterocycles. The van der Waals surface area contributed by atoms with Gasteiger partial charge in [0.15, 0.2) is 0 Å². The second-order valence-corrected chi connectivity index (χ2v) is 6.55. The molecule has 0 spiro atoms. The summed E-state index contributed by atoms with van der Waals surface area (Å²) in [6.45, 7) is 2.00. The minimum Gasteiger partial charge on any atom is -0.271 e. The Morgan fingerprint density at radius 2 is 2.05 bits per heavy atom. The predicted molar refractivity (Wildman–Crippen MR) is 86.0 cm³/mol. The normalized spacial score (nSPS) is 12.4. The number of aryl methyl sites for hydroxylation is 1. The highest BCUT2D eigenvalue weighted by Crippen LogP contribution is 2.30. The molecule has 112 valence electrons. The molecule has 1 unspecified atom stereocenters. The SMILES string of the molecule is Cc1cccc(SCC(NN)c2c(F)ccc(Br)c2F)c1. The minimum absolute atomic E-state index is 0.0490. The van der Waals surface area contributed by atoms with Crippen molar-refractivity contribution in [3.8, 4) is 0 Å². The molecule has 2 aromatic carbocycles. The Labute approximate surface area is 135 Å². The van der Waals surface area contributed by atoms with E-state index in [1.807, 2.05) is 31.2 Å². The van der Waals surface area contributed by atoms with Crippen molar-refractivity contribution in [2.75, 3.05) is 5.75 Å². The third-order valence-corrected chi connectivity index (χ3v) is 4.74. The quantitative estimate of drug-likeness (QED) is 0.355. The van der Waals surface area contributed by atoms with Gasteiger partial charge in [-0.3, -0.25) is 11.3 Å². The highest BCUT2D eigenvalue weighted by atomic mass is 79.9. The van der Waals surface area contributed by atoms with Crippen molar-refractivity contribution in [1.29, 1.82) is 0 Å².